The molecule has 2 radical (unpaired) electrons. The molecule has 1 unspecified atom stereocenters. The van der Waals surface area contributed by atoms with Crippen LogP contribution in [-0.4, -0.2) is 6.10 Å². The lowest BCUT2D eigenvalue weighted by Crippen LogP contribution is -2.07. The van der Waals surface area contributed by atoms with Gasteiger partial charge in [-0.1, -0.05) is 0 Å². The van der Waals surface area contributed by atoms with E-state index in [0.717, 1.165) is 0 Å². The van der Waals surface area contributed by atoms with E-state index in [0.29, 0.717) is 5.92 Å². The van der Waals surface area contributed by atoms with E-state index in [2.05, 4.69) is 4.84 Å². The van der Waals surface area contributed by atoms with Crippen molar-refractivity contribution in [2.24, 2.45) is 5.92 Å². The Morgan fingerprint density at radius 3 is 2.43 bits per heavy atom. The van der Waals surface area contributed by atoms with Gasteiger partial charge < -0.3 is 0 Å². The van der Waals surface area contributed by atoms with Gasteiger partial charge in [0.15, 0.2) is 0 Å². The molecule has 1 atom stereocenters. The molecule has 0 N–H and O–H groups in total. The van der Waals surface area contributed by atoms with Crippen LogP contribution in [0.3, 0.4) is 0 Å². The first-order valence-corrected chi connectivity index (χ1v) is 2.65. The van der Waals surface area contributed by atoms with Crippen molar-refractivity contribution >= 4 is 0 Å². The fourth-order valence-electron chi connectivity index (χ4n) is 0.652. The Balaban J connectivity index is 2.10. The van der Waals surface area contributed by atoms with Crippen molar-refractivity contribution < 1.29 is 4.84 Å². The van der Waals surface area contributed by atoms with E-state index in [1.54, 1.807) is 0 Å². The lowest BCUT2D eigenvalue weighted by molar-refractivity contribution is 0.0354. The molecule has 0 amide bonds. The van der Waals surface area contributed by atoms with Gasteiger partial charge in [0.2, 0.25) is 0 Å². The summed E-state index contributed by atoms with van der Waals surface area (Å²) in [6.45, 7) is 1.89. The summed E-state index contributed by atoms with van der Waals surface area (Å²) >= 11 is 0. The molecule has 1 aliphatic rings. The minimum absolute atomic E-state index is 0.0694. The molecule has 0 aromatic rings. The second-order valence-corrected chi connectivity index (χ2v) is 2.15. The Kier molecular flexibility index (Phi) is 1.30. The summed E-state index contributed by atoms with van der Waals surface area (Å²) in [4.78, 5) is 4.07. The van der Waals surface area contributed by atoms with Crippen molar-refractivity contribution in [2.75, 3.05) is 0 Å². The molecule has 1 saturated carbocycles. The first kappa shape index (κ1) is 5.06. The molecule has 2 heteroatoms. The van der Waals surface area contributed by atoms with Gasteiger partial charge in [-0.05, 0) is 25.7 Å². The Morgan fingerprint density at radius 2 is 2.29 bits per heavy atom. The van der Waals surface area contributed by atoms with Crippen LogP contribution in [0.2, 0.25) is 0 Å². The second kappa shape index (κ2) is 1.80. The number of hydrogen-bond donors (Lipinski definition) is 0. The summed E-state index contributed by atoms with van der Waals surface area (Å²) in [5.41, 5.74) is 0. The van der Waals surface area contributed by atoms with E-state index >= 15 is 0 Å². The molecule has 1 aliphatic carbocycles. The molecule has 0 aromatic carbocycles. The highest BCUT2D eigenvalue weighted by atomic mass is 16.6. The summed E-state index contributed by atoms with van der Waals surface area (Å²) in [5, 5.41) is 0. The minimum Gasteiger partial charge on any atom is -0.260 e. The van der Waals surface area contributed by atoms with Gasteiger partial charge in [0, 0.05) is 5.90 Å². The third-order valence-electron chi connectivity index (χ3n) is 1.45. The molecular weight excluding hydrogens is 90.1 g/mol. The lowest BCUT2D eigenvalue weighted by atomic mass is 10.3. The van der Waals surface area contributed by atoms with Crippen molar-refractivity contribution in [3.63, 3.8) is 0 Å². The maximum Gasteiger partial charge on any atom is 0.0828 e. The molecule has 0 bridgehead atoms. The van der Waals surface area contributed by atoms with Gasteiger partial charge in [-0.3, -0.25) is 4.84 Å². The Labute approximate surface area is 43.6 Å². The normalized spacial score (nSPS) is 24.9. The van der Waals surface area contributed by atoms with Crippen LogP contribution in [-0.2, 0) is 4.84 Å². The Bertz CT molecular complexity index is 61.1. The first-order valence-electron chi connectivity index (χ1n) is 2.65. The monoisotopic (exact) mass is 99.1 g/mol. The van der Waals surface area contributed by atoms with Crippen LogP contribution < -0.4 is 5.90 Å². The molecule has 40 valence electrons. The van der Waals surface area contributed by atoms with Crippen LogP contribution in [0.4, 0.5) is 0 Å². The second-order valence-electron chi connectivity index (χ2n) is 2.15. The molecular formula is C5H9NO. The highest BCUT2D eigenvalue weighted by Crippen LogP contribution is 2.33. The van der Waals surface area contributed by atoms with Crippen LogP contribution in [0.15, 0.2) is 0 Å². The van der Waals surface area contributed by atoms with Crippen molar-refractivity contribution in [3.8, 4) is 0 Å². The van der Waals surface area contributed by atoms with Crippen LogP contribution >= 0.6 is 0 Å². The number of hydrogen-bond acceptors (Lipinski definition) is 1. The van der Waals surface area contributed by atoms with Crippen LogP contribution in [0, 0.1) is 5.92 Å². The maximum absolute atomic E-state index is 8.05. The van der Waals surface area contributed by atoms with E-state index in [4.69, 9.17) is 5.90 Å². The molecule has 0 heterocycles. The average Bonchev–Trinajstić information content (AvgIpc) is 2.44. The van der Waals surface area contributed by atoms with Gasteiger partial charge in [0.1, 0.15) is 0 Å². The van der Waals surface area contributed by atoms with Gasteiger partial charge in [-0.25, -0.2) is 0 Å². The summed E-state index contributed by atoms with van der Waals surface area (Å²) in [6, 6.07) is 0. The maximum atomic E-state index is 8.05. The molecule has 1 fully saturated rings. The topological polar surface area (TPSA) is 31.5 Å². The summed E-state index contributed by atoms with van der Waals surface area (Å²) in [6.07, 6.45) is 2.52. The Hall–Kier alpha value is -0.0800. The standard InChI is InChI=1S/C5H9NO/c1-4(7-6)5-2-3-5/h4-5H,2-3H2,1H3. The third-order valence-corrected chi connectivity index (χ3v) is 1.45. The predicted molar refractivity (Wildman–Crippen MR) is 25.4 cm³/mol. The lowest BCUT2D eigenvalue weighted by Gasteiger charge is -2.00. The van der Waals surface area contributed by atoms with Crippen molar-refractivity contribution in [2.45, 2.75) is 25.9 Å². The SMILES string of the molecule is CC(O[N])C1CC1. The number of rotatable bonds is 2. The number of nitrogens with zero attached hydrogens (tertiary/aromatic N) is 1. The highest BCUT2D eigenvalue weighted by Gasteiger charge is 2.28. The van der Waals surface area contributed by atoms with Crippen LogP contribution in [0.25, 0.3) is 0 Å². The van der Waals surface area contributed by atoms with E-state index < -0.39 is 0 Å². The van der Waals surface area contributed by atoms with Gasteiger partial charge in [0.25, 0.3) is 0 Å². The summed E-state index contributed by atoms with van der Waals surface area (Å²) < 4.78 is 0. The highest BCUT2D eigenvalue weighted by molar-refractivity contribution is 4.78. The van der Waals surface area contributed by atoms with Crippen molar-refractivity contribution in [1.29, 1.82) is 0 Å². The molecule has 0 saturated heterocycles. The molecule has 0 aliphatic heterocycles. The molecule has 0 aromatic heterocycles. The zero-order valence-corrected chi connectivity index (χ0v) is 4.42. The molecule has 2 nitrogen and oxygen atoms in total. The summed E-state index contributed by atoms with van der Waals surface area (Å²) in [7, 11) is 0. The molecule has 0 spiro atoms. The fraction of sp³-hybridized carbons (Fsp3) is 1.00. The molecule has 1 rings (SSSR count). The fourth-order valence-corrected chi connectivity index (χ4v) is 0.652. The minimum atomic E-state index is 0.0694. The third kappa shape index (κ3) is 1.14. The Morgan fingerprint density at radius 1 is 1.71 bits per heavy atom. The van der Waals surface area contributed by atoms with E-state index in [1.165, 1.54) is 12.8 Å². The van der Waals surface area contributed by atoms with Crippen LogP contribution in [0.5, 0.6) is 0 Å². The van der Waals surface area contributed by atoms with Gasteiger partial charge in [-0.15, -0.1) is 0 Å². The van der Waals surface area contributed by atoms with Gasteiger partial charge in [0.05, 0.1) is 6.10 Å². The van der Waals surface area contributed by atoms with Crippen LogP contribution in [0.1, 0.15) is 19.8 Å². The van der Waals surface area contributed by atoms with E-state index in [-0.39, 0.29) is 6.10 Å². The predicted octanol–water partition coefficient (Wildman–Crippen LogP) is 0.785. The van der Waals surface area contributed by atoms with Gasteiger partial charge >= 0.3 is 0 Å². The average molecular weight is 99.1 g/mol. The largest absolute Gasteiger partial charge is 0.260 e. The van der Waals surface area contributed by atoms with Crippen molar-refractivity contribution in [3.05, 3.63) is 0 Å². The zero-order chi connectivity index (χ0) is 5.28. The summed E-state index contributed by atoms with van der Waals surface area (Å²) in [5.74, 6) is 8.69. The zero-order valence-electron chi connectivity index (χ0n) is 4.42. The van der Waals surface area contributed by atoms with Crippen molar-refractivity contribution in [1.82, 2.24) is 5.90 Å². The first-order chi connectivity index (χ1) is 3.34. The van der Waals surface area contributed by atoms with E-state index in [1.807, 2.05) is 6.92 Å². The smallest absolute Gasteiger partial charge is 0.0828 e. The molecule has 7 heavy (non-hydrogen) atoms. The van der Waals surface area contributed by atoms with Gasteiger partial charge in [-0.2, -0.15) is 0 Å². The quantitative estimate of drug-likeness (QED) is 0.471. The van der Waals surface area contributed by atoms with E-state index in [9.17, 15) is 0 Å².